The fraction of sp³-hybridized carbons (Fsp3) is 0.588. The van der Waals surface area contributed by atoms with Crippen LogP contribution >= 0.6 is 0 Å². The van der Waals surface area contributed by atoms with Crippen molar-refractivity contribution in [2.45, 2.75) is 13.3 Å². The van der Waals surface area contributed by atoms with Gasteiger partial charge in [0.2, 0.25) is 5.91 Å². The van der Waals surface area contributed by atoms with Gasteiger partial charge in [-0.3, -0.25) is 4.79 Å². The Morgan fingerprint density at radius 2 is 2.29 bits per heavy atom. The lowest BCUT2D eigenvalue weighted by Crippen LogP contribution is -2.47. The lowest BCUT2D eigenvalue weighted by molar-refractivity contribution is -0.130. The maximum atomic E-state index is 12.7. The van der Waals surface area contributed by atoms with Crippen molar-refractivity contribution in [3.63, 3.8) is 0 Å². The summed E-state index contributed by atoms with van der Waals surface area (Å²) < 4.78 is 0. The Balaban J connectivity index is 1.58. The third-order valence-electron chi connectivity index (χ3n) is 5.09. The molecule has 4 nitrogen and oxygen atoms in total. The minimum absolute atomic E-state index is 0.208. The molecule has 1 amide bonds. The molecule has 0 unspecified atom stereocenters. The molecule has 2 saturated heterocycles. The Morgan fingerprint density at radius 3 is 3.10 bits per heavy atom. The molecule has 2 aliphatic rings. The van der Waals surface area contributed by atoms with Gasteiger partial charge in [0.1, 0.15) is 0 Å². The molecule has 2 fully saturated rings. The van der Waals surface area contributed by atoms with E-state index in [1.165, 1.54) is 11.1 Å². The van der Waals surface area contributed by atoms with Crippen LogP contribution in [0.15, 0.2) is 24.3 Å². The van der Waals surface area contributed by atoms with E-state index in [2.05, 4.69) is 53.8 Å². The lowest BCUT2D eigenvalue weighted by atomic mass is 9.80. The highest BCUT2D eigenvalue weighted by Crippen LogP contribution is 2.38. The normalized spacial score (nSPS) is 28.6. The minimum atomic E-state index is -0.208. The first kappa shape index (κ1) is 14.5. The van der Waals surface area contributed by atoms with Crippen molar-refractivity contribution in [1.29, 1.82) is 0 Å². The predicted molar refractivity (Wildman–Crippen MR) is 84.2 cm³/mol. The zero-order valence-corrected chi connectivity index (χ0v) is 13.0. The molecule has 0 bridgehead atoms. The summed E-state index contributed by atoms with van der Waals surface area (Å²) in [6.45, 7) is 6.54. The molecule has 2 atom stereocenters. The SMILES string of the molecule is Cc1ccccc1CCNC(=O)[C@@]12CNC[C@@H]1CN(C)C2. The number of carbonyl (C=O) groups excluding carboxylic acids is 1. The van der Waals surface area contributed by atoms with Gasteiger partial charge >= 0.3 is 0 Å². The molecule has 1 aromatic carbocycles. The van der Waals surface area contributed by atoms with Gasteiger partial charge in [-0.05, 0) is 31.5 Å². The van der Waals surface area contributed by atoms with Crippen molar-refractivity contribution >= 4 is 5.91 Å². The van der Waals surface area contributed by atoms with E-state index in [-0.39, 0.29) is 11.3 Å². The van der Waals surface area contributed by atoms with Gasteiger partial charge in [0, 0.05) is 38.6 Å². The van der Waals surface area contributed by atoms with Crippen LogP contribution in [-0.4, -0.2) is 50.6 Å². The summed E-state index contributed by atoms with van der Waals surface area (Å²) in [5.74, 6) is 0.691. The van der Waals surface area contributed by atoms with E-state index in [4.69, 9.17) is 0 Å². The van der Waals surface area contributed by atoms with Gasteiger partial charge < -0.3 is 15.5 Å². The summed E-state index contributed by atoms with van der Waals surface area (Å²) in [5.41, 5.74) is 2.41. The van der Waals surface area contributed by atoms with Crippen LogP contribution < -0.4 is 10.6 Å². The highest BCUT2D eigenvalue weighted by Gasteiger charge is 2.53. The fourth-order valence-corrected chi connectivity index (χ4v) is 3.87. The number of hydrogen-bond donors (Lipinski definition) is 2. The second-order valence-corrected chi connectivity index (χ2v) is 6.61. The summed E-state index contributed by atoms with van der Waals surface area (Å²) in [5, 5.41) is 6.57. The third kappa shape index (κ3) is 2.70. The van der Waals surface area contributed by atoms with Gasteiger partial charge in [0.25, 0.3) is 0 Å². The number of rotatable bonds is 4. The van der Waals surface area contributed by atoms with E-state index in [1.54, 1.807) is 0 Å². The summed E-state index contributed by atoms with van der Waals surface area (Å²) in [6.07, 6.45) is 0.905. The van der Waals surface area contributed by atoms with E-state index in [0.29, 0.717) is 5.92 Å². The highest BCUT2D eigenvalue weighted by molar-refractivity contribution is 5.84. The number of benzene rings is 1. The largest absolute Gasteiger partial charge is 0.355 e. The second-order valence-electron chi connectivity index (χ2n) is 6.61. The smallest absolute Gasteiger partial charge is 0.229 e. The highest BCUT2D eigenvalue weighted by atomic mass is 16.2. The Bertz CT molecular complexity index is 531. The number of likely N-dealkylation sites (tertiary alicyclic amines) is 1. The zero-order chi connectivity index (χ0) is 14.9. The topological polar surface area (TPSA) is 44.4 Å². The van der Waals surface area contributed by atoms with Crippen LogP contribution in [0.1, 0.15) is 11.1 Å². The predicted octanol–water partition coefficient (Wildman–Crippen LogP) is 0.805. The molecule has 2 aliphatic heterocycles. The van der Waals surface area contributed by atoms with E-state index in [0.717, 1.165) is 39.1 Å². The molecule has 114 valence electrons. The number of nitrogens with zero attached hydrogens (tertiary/aromatic N) is 1. The van der Waals surface area contributed by atoms with Crippen molar-refractivity contribution in [3.05, 3.63) is 35.4 Å². The summed E-state index contributed by atoms with van der Waals surface area (Å²) in [7, 11) is 2.11. The van der Waals surface area contributed by atoms with Gasteiger partial charge in [-0.15, -0.1) is 0 Å². The van der Waals surface area contributed by atoms with Crippen LogP contribution in [-0.2, 0) is 11.2 Å². The van der Waals surface area contributed by atoms with Gasteiger partial charge in [0.05, 0.1) is 5.41 Å². The molecule has 2 N–H and O–H groups in total. The number of nitrogens with one attached hydrogen (secondary N) is 2. The van der Waals surface area contributed by atoms with Crippen molar-refractivity contribution in [2.24, 2.45) is 11.3 Å². The van der Waals surface area contributed by atoms with E-state index in [9.17, 15) is 4.79 Å². The van der Waals surface area contributed by atoms with Crippen LogP contribution in [0, 0.1) is 18.3 Å². The average molecular weight is 287 g/mol. The molecule has 0 aromatic heterocycles. The van der Waals surface area contributed by atoms with Crippen molar-refractivity contribution in [3.8, 4) is 0 Å². The minimum Gasteiger partial charge on any atom is -0.355 e. The van der Waals surface area contributed by atoms with Crippen LogP contribution in [0.25, 0.3) is 0 Å². The average Bonchev–Trinajstić information content (AvgIpc) is 2.97. The third-order valence-corrected chi connectivity index (χ3v) is 5.09. The Hall–Kier alpha value is -1.39. The maximum absolute atomic E-state index is 12.7. The quantitative estimate of drug-likeness (QED) is 0.861. The molecule has 4 heteroatoms. The molecule has 3 rings (SSSR count). The van der Waals surface area contributed by atoms with E-state index < -0.39 is 0 Å². The molecule has 0 radical (unpaired) electrons. The first-order valence-electron chi connectivity index (χ1n) is 7.84. The molecule has 0 aliphatic carbocycles. The zero-order valence-electron chi connectivity index (χ0n) is 13.0. The van der Waals surface area contributed by atoms with Crippen molar-refractivity contribution in [1.82, 2.24) is 15.5 Å². The molecule has 0 spiro atoms. The van der Waals surface area contributed by atoms with E-state index >= 15 is 0 Å². The number of fused-ring (bicyclic) bond motifs is 1. The molecule has 21 heavy (non-hydrogen) atoms. The van der Waals surface area contributed by atoms with Gasteiger partial charge in [-0.2, -0.15) is 0 Å². The number of hydrogen-bond acceptors (Lipinski definition) is 3. The summed E-state index contributed by atoms with van der Waals surface area (Å²) in [6, 6.07) is 8.38. The van der Waals surface area contributed by atoms with E-state index in [1.807, 2.05) is 0 Å². The van der Waals surface area contributed by atoms with Crippen LogP contribution in [0.2, 0.25) is 0 Å². The first-order valence-corrected chi connectivity index (χ1v) is 7.84. The number of amides is 1. The maximum Gasteiger partial charge on any atom is 0.229 e. The molecule has 1 aromatic rings. The van der Waals surface area contributed by atoms with Crippen LogP contribution in [0.3, 0.4) is 0 Å². The van der Waals surface area contributed by atoms with Crippen molar-refractivity contribution < 1.29 is 4.79 Å². The van der Waals surface area contributed by atoms with Crippen molar-refractivity contribution in [2.75, 3.05) is 39.8 Å². The summed E-state index contributed by atoms with van der Waals surface area (Å²) in [4.78, 5) is 15.0. The van der Waals surface area contributed by atoms with Crippen LogP contribution in [0.5, 0.6) is 0 Å². The Labute approximate surface area is 126 Å². The molecular weight excluding hydrogens is 262 g/mol. The Morgan fingerprint density at radius 1 is 1.48 bits per heavy atom. The molecular formula is C17H25N3O. The molecule has 2 heterocycles. The second kappa shape index (κ2) is 5.78. The molecule has 0 saturated carbocycles. The lowest BCUT2D eigenvalue weighted by Gasteiger charge is -2.26. The number of carbonyl (C=O) groups is 1. The first-order chi connectivity index (χ1) is 10.1. The number of aryl methyl sites for hydroxylation is 1. The van der Waals surface area contributed by atoms with Gasteiger partial charge in [-0.1, -0.05) is 24.3 Å². The Kier molecular flexibility index (Phi) is 4.00. The van der Waals surface area contributed by atoms with Crippen LogP contribution in [0.4, 0.5) is 0 Å². The standard InChI is InChI=1S/C17H25N3O/c1-13-5-3-4-6-14(13)7-8-19-16(21)17-11-18-9-15(17)10-20(2)12-17/h3-6,15,18H,7-12H2,1-2H3,(H,19,21)/t15-,17-/m1/s1. The monoisotopic (exact) mass is 287 g/mol. The summed E-state index contributed by atoms with van der Waals surface area (Å²) >= 11 is 0. The fourth-order valence-electron chi connectivity index (χ4n) is 3.87. The van der Waals surface area contributed by atoms with Gasteiger partial charge in [-0.25, -0.2) is 0 Å². The van der Waals surface area contributed by atoms with Gasteiger partial charge in [0.15, 0.2) is 0 Å².